The number of aliphatic carboxylic acids is 1. The fraction of sp³-hybridized carbons (Fsp3) is 0.846. The number of hydrogen-bond donors (Lipinski definition) is 3. The standard InChI is InChI=1S/C15H30N6O3.C11H20N4O4/c1-15(2,3)24-14(23)21(11-7-5-9-16)12(13(17)22)8-4-6-10-19-20-18;1-5-6-7-8(9(16)17)15(14-13-12)10(18)19-11(2,3)4/h12H,4-11,16H2,1-3H3,(H2,17,22);8H,5-7H2,1-4H3,(H,16,17)/t12-;8-/m10/s1. The Morgan fingerprint density at radius 2 is 1.42 bits per heavy atom. The van der Waals surface area contributed by atoms with E-state index in [-0.39, 0.29) is 6.42 Å². The van der Waals surface area contributed by atoms with Crippen LogP contribution in [0.2, 0.25) is 0 Å². The number of nitrogens with zero attached hydrogens (tertiary/aromatic N) is 8. The zero-order chi connectivity index (χ0) is 33.6. The Labute approximate surface area is 253 Å². The lowest BCUT2D eigenvalue weighted by atomic mass is 10.1. The SMILES string of the molecule is CC(C)(C)OC(=O)N(CCCCN)[C@H](CCCCN=[N+]=[N-])C(N)=O.CCCC[C@@H](C(=O)O)N(N=[N+]=[N-])C(=O)OC(C)(C)C. The van der Waals surface area contributed by atoms with Crippen molar-refractivity contribution in [1.29, 1.82) is 0 Å². The molecule has 0 aromatic heterocycles. The molecule has 17 heteroatoms. The first-order chi connectivity index (χ1) is 19.9. The molecule has 0 heterocycles. The van der Waals surface area contributed by atoms with E-state index in [1.54, 1.807) is 41.5 Å². The Morgan fingerprint density at radius 1 is 0.860 bits per heavy atom. The highest BCUT2D eigenvalue weighted by atomic mass is 16.6. The third-order valence-electron chi connectivity index (χ3n) is 5.36. The summed E-state index contributed by atoms with van der Waals surface area (Å²) >= 11 is 0. The van der Waals surface area contributed by atoms with Crippen molar-refractivity contribution in [2.75, 3.05) is 19.6 Å². The molecule has 0 fully saturated rings. The van der Waals surface area contributed by atoms with Crippen molar-refractivity contribution in [2.45, 2.75) is 123 Å². The van der Waals surface area contributed by atoms with Gasteiger partial charge in [-0.05, 0) is 97.4 Å². The first-order valence-electron chi connectivity index (χ1n) is 14.3. The van der Waals surface area contributed by atoms with Gasteiger partial charge >= 0.3 is 18.2 Å². The normalized spacial score (nSPS) is 12.2. The molecular weight excluding hydrogens is 564 g/mol. The molecule has 0 saturated carbocycles. The maximum Gasteiger partial charge on any atom is 0.511 e. The van der Waals surface area contributed by atoms with Crippen LogP contribution in [0.15, 0.2) is 10.3 Å². The van der Waals surface area contributed by atoms with Crippen molar-refractivity contribution in [2.24, 2.45) is 21.8 Å². The van der Waals surface area contributed by atoms with E-state index >= 15 is 0 Å². The van der Waals surface area contributed by atoms with Gasteiger partial charge in [-0.15, -0.1) is 10.5 Å². The molecule has 0 unspecified atom stereocenters. The monoisotopic (exact) mass is 614 g/mol. The molecule has 43 heavy (non-hydrogen) atoms. The smallest absolute Gasteiger partial charge is 0.478 e. The number of carbonyl (C=O) groups excluding carboxylic acids is 3. The van der Waals surface area contributed by atoms with Gasteiger partial charge in [0.05, 0.1) is 0 Å². The molecule has 0 radical (unpaired) electrons. The van der Waals surface area contributed by atoms with Gasteiger partial charge in [0.2, 0.25) is 11.9 Å². The average Bonchev–Trinajstić information content (AvgIpc) is 2.87. The minimum atomic E-state index is -1.23. The number of carboxylic acids is 1. The van der Waals surface area contributed by atoms with E-state index in [0.717, 1.165) is 12.8 Å². The number of hydrogen-bond acceptors (Lipinski definition) is 9. The van der Waals surface area contributed by atoms with Crippen molar-refractivity contribution in [3.8, 4) is 0 Å². The maximum absolute atomic E-state index is 12.4. The predicted octanol–water partition coefficient (Wildman–Crippen LogP) is 5.39. The number of amides is 3. The van der Waals surface area contributed by atoms with Crippen LogP contribution in [0.25, 0.3) is 20.9 Å². The van der Waals surface area contributed by atoms with Crippen LogP contribution in [0.4, 0.5) is 9.59 Å². The lowest BCUT2D eigenvalue weighted by Crippen LogP contribution is -2.50. The quantitative estimate of drug-likeness (QED) is 0.0626. The van der Waals surface area contributed by atoms with Crippen molar-refractivity contribution in [3.63, 3.8) is 0 Å². The first-order valence-corrected chi connectivity index (χ1v) is 14.3. The highest BCUT2D eigenvalue weighted by molar-refractivity contribution is 5.84. The van der Waals surface area contributed by atoms with E-state index in [9.17, 15) is 19.2 Å². The molecule has 2 atom stereocenters. The van der Waals surface area contributed by atoms with Crippen LogP contribution in [-0.4, -0.2) is 82.0 Å². The van der Waals surface area contributed by atoms with Crippen molar-refractivity contribution in [3.05, 3.63) is 20.9 Å². The molecule has 0 aliphatic heterocycles. The van der Waals surface area contributed by atoms with E-state index in [0.29, 0.717) is 56.7 Å². The fourth-order valence-corrected chi connectivity index (χ4v) is 3.46. The van der Waals surface area contributed by atoms with Gasteiger partial charge in [-0.25, -0.2) is 9.59 Å². The van der Waals surface area contributed by atoms with Crippen molar-refractivity contribution >= 4 is 24.1 Å². The van der Waals surface area contributed by atoms with Crippen LogP contribution in [-0.2, 0) is 19.1 Å². The Bertz CT molecular complexity index is 968. The van der Waals surface area contributed by atoms with E-state index in [1.165, 1.54) is 4.90 Å². The van der Waals surface area contributed by atoms with E-state index in [1.807, 2.05) is 6.92 Å². The fourth-order valence-electron chi connectivity index (χ4n) is 3.46. The second kappa shape index (κ2) is 21.7. The summed E-state index contributed by atoms with van der Waals surface area (Å²) in [5.74, 6) is -1.80. The second-order valence-corrected chi connectivity index (χ2v) is 11.5. The van der Waals surface area contributed by atoms with E-state index < -0.39 is 47.3 Å². The van der Waals surface area contributed by atoms with Gasteiger partial charge in [0.1, 0.15) is 17.2 Å². The Kier molecular flexibility index (Phi) is 20.8. The van der Waals surface area contributed by atoms with Gasteiger partial charge in [-0.2, -0.15) is 9.71 Å². The minimum absolute atomic E-state index is 0.199. The van der Waals surface area contributed by atoms with Gasteiger partial charge in [-0.3, -0.25) is 9.69 Å². The summed E-state index contributed by atoms with van der Waals surface area (Å²) in [6, 6.07) is -1.96. The molecule has 0 spiro atoms. The molecule has 246 valence electrons. The van der Waals surface area contributed by atoms with Crippen molar-refractivity contribution < 1.29 is 33.8 Å². The lowest BCUT2D eigenvalue weighted by molar-refractivity contribution is -0.143. The molecule has 0 aromatic carbocycles. The summed E-state index contributed by atoms with van der Waals surface area (Å²) < 4.78 is 10.4. The molecule has 0 rings (SSSR count). The molecule has 3 amide bonds. The van der Waals surface area contributed by atoms with Crippen LogP contribution in [0, 0.1) is 0 Å². The molecule has 0 bridgehead atoms. The van der Waals surface area contributed by atoms with Gasteiger partial charge < -0.3 is 26.0 Å². The van der Waals surface area contributed by atoms with Gasteiger partial charge in [-0.1, -0.05) is 24.9 Å². The number of carbonyl (C=O) groups is 4. The van der Waals surface area contributed by atoms with Crippen molar-refractivity contribution in [1.82, 2.24) is 9.91 Å². The number of carboxylic acid groups (broad SMARTS) is 1. The van der Waals surface area contributed by atoms with Gasteiger partial charge in [0.25, 0.3) is 0 Å². The van der Waals surface area contributed by atoms with Crippen LogP contribution in [0.3, 0.4) is 0 Å². The molecule has 0 aliphatic rings. The largest absolute Gasteiger partial charge is 0.511 e. The number of unbranched alkanes of at least 4 members (excludes halogenated alkanes) is 3. The molecule has 0 saturated heterocycles. The molecule has 5 N–H and O–H groups in total. The summed E-state index contributed by atoms with van der Waals surface area (Å²) in [7, 11) is 0. The molecule has 0 aliphatic carbocycles. The van der Waals surface area contributed by atoms with Gasteiger partial charge in [0, 0.05) is 18.0 Å². The lowest BCUT2D eigenvalue weighted by Gasteiger charge is -2.32. The highest BCUT2D eigenvalue weighted by Crippen LogP contribution is 2.18. The topological polar surface area (TPSA) is 263 Å². The zero-order valence-electron chi connectivity index (χ0n) is 26.6. The Balaban J connectivity index is 0. The van der Waals surface area contributed by atoms with Crippen LogP contribution < -0.4 is 11.5 Å². The number of primary amides is 1. The average molecular weight is 615 g/mol. The summed E-state index contributed by atoms with van der Waals surface area (Å²) in [6.45, 7) is 13.3. The first kappa shape index (κ1) is 41.2. The number of nitrogens with two attached hydrogens (primary N) is 2. The zero-order valence-corrected chi connectivity index (χ0v) is 26.6. The summed E-state index contributed by atoms with van der Waals surface area (Å²) in [5, 5.41) is 16.2. The molecule has 0 aromatic rings. The van der Waals surface area contributed by atoms with Crippen LogP contribution in [0.1, 0.15) is 99.8 Å². The highest BCUT2D eigenvalue weighted by Gasteiger charge is 2.37. The second-order valence-electron chi connectivity index (χ2n) is 11.5. The summed E-state index contributed by atoms with van der Waals surface area (Å²) in [4.78, 5) is 53.8. The summed E-state index contributed by atoms with van der Waals surface area (Å²) in [6.07, 6.45) is 3.08. The number of azide groups is 2. The summed E-state index contributed by atoms with van der Waals surface area (Å²) in [5.41, 5.74) is 26.2. The van der Waals surface area contributed by atoms with E-state index in [4.69, 9.17) is 37.1 Å². The minimum Gasteiger partial charge on any atom is -0.478 e. The number of rotatable bonds is 17. The molecular formula is C26H50N10O7. The van der Waals surface area contributed by atoms with Gasteiger partial charge in [0.15, 0.2) is 0 Å². The third kappa shape index (κ3) is 20.6. The maximum atomic E-state index is 12.4. The Hall–Kier alpha value is -3.94. The molecule has 17 nitrogen and oxygen atoms in total. The third-order valence-corrected chi connectivity index (χ3v) is 5.36. The number of ether oxygens (including phenoxy) is 2. The van der Waals surface area contributed by atoms with Crippen LogP contribution in [0.5, 0.6) is 0 Å². The van der Waals surface area contributed by atoms with E-state index in [2.05, 4.69) is 20.2 Å². The van der Waals surface area contributed by atoms with Crippen LogP contribution >= 0.6 is 0 Å². The predicted molar refractivity (Wildman–Crippen MR) is 160 cm³/mol. The Morgan fingerprint density at radius 3 is 1.86 bits per heavy atom.